The fraction of sp³-hybridized carbons (Fsp3) is 0.300. The normalized spacial score (nSPS) is 15.3. The summed E-state index contributed by atoms with van der Waals surface area (Å²) in [6.07, 6.45) is 1.31. The highest BCUT2D eigenvalue weighted by Crippen LogP contribution is 2.40. The summed E-state index contributed by atoms with van der Waals surface area (Å²) in [4.78, 5) is 0. The van der Waals surface area contributed by atoms with Crippen LogP contribution in [0.4, 0.5) is 0 Å². The molecule has 0 radical (unpaired) electrons. The summed E-state index contributed by atoms with van der Waals surface area (Å²) in [5, 5.41) is 11.9. The van der Waals surface area contributed by atoms with Crippen molar-refractivity contribution in [1.82, 2.24) is 0 Å². The number of hydrogen-bond donors (Lipinski definition) is 1. The van der Waals surface area contributed by atoms with E-state index < -0.39 is 7.37 Å². The Hall–Kier alpha value is -1.12. The van der Waals surface area contributed by atoms with Gasteiger partial charge >= 0.3 is 0 Å². The average Bonchev–Trinajstić information content (AvgIpc) is 2.19. The minimum Gasteiger partial charge on any atom is -0.411 e. The first-order chi connectivity index (χ1) is 7.10. The molecule has 0 amide bonds. The number of rotatable bonds is 4. The maximum absolute atomic E-state index is 12.0. The molecule has 0 saturated carbocycles. The zero-order chi connectivity index (χ0) is 11.3. The van der Waals surface area contributed by atoms with Crippen LogP contribution >= 0.6 is 7.37 Å². The topological polar surface area (TPSA) is 58.9 Å². The third-order valence-corrected chi connectivity index (χ3v) is 3.93. The zero-order valence-electron chi connectivity index (χ0n) is 8.75. The van der Waals surface area contributed by atoms with Gasteiger partial charge in [0, 0.05) is 12.0 Å². The Bertz CT molecular complexity index is 386. The largest absolute Gasteiger partial charge is 0.411 e. The molecule has 1 rings (SSSR count). The smallest absolute Gasteiger partial charge is 0.229 e. The van der Waals surface area contributed by atoms with Gasteiger partial charge < -0.3 is 9.73 Å². The maximum Gasteiger partial charge on any atom is 0.229 e. The molecule has 1 aromatic carbocycles. The number of hydrogen-bond acceptors (Lipinski definition) is 4. The molecular formula is C10H14NO3P. The zero-order valence-corrected chi connectivity index (χ0v) is 9.65. The van der Waals surface area contributed by atoms with Gasteiger partial charge in [-0.2, -0.15) is 0 Å². The van der Waals surface area contributed by atoms with Crippen molar-refractivity contribution >= 4 is 18.9 Å². The Labute approximate surface area is 89.0 Å². The highest BCUT2D eigenvalue weighted by atomic mass is 31.2. The van der Waals surface area contributed by atoms with Gasteiger partial charge in [0.2, 0.25) is 7.37 Å². The molecule has 0 heterocycles. The standard InChI is InChI=1S/C10H14NO3P/c1-3-14-15(2,13)10-6-4-9(5-7-10)8-11-12/h4-8,12H,3H2,1-2H3/b11-8+. The molecule has 0 aliphatic carbocycles. The van der Waals surface area contributed by atoms with Gasteiger partial charge in [-0.15, -0.1) is 0 Å². The van der Waals surface area contributed by atoms with Crippen LogP contribution in [0.5, 0.6) is 0 Å². The van der Waals surface area contributed by atoms with Crippen molar-refractivity contribution in [3.8, 4) is 0 Å². The molecule has 1 N–H and O–H groups in total. The van der Waals surface area contributed by atoms with Crippen LogP contribution in [-0.4, -0.2) is 24.7 Å². The van der Waals surface area contributed by atoms with E-state index in [-0.39, 0.29) is 0 Å². The van der Waals surface area contributed by atoms with Crippen LogP contribution in [0, 0.1) is 0 Å². The number of benzene rings is 1. The average molecular weight is 227 g/mol. The summed E-state index contributed by atoms with van der Waals surface area (Å²) in [6, 6.07) is 6.88. The van der Waals surface area contributed by atoms with Gasteiger partial charge in [0.15, 0.2) is 0 Å². The Morgan fingerprint density at radius 3 is 2.53 bits per heavy atom. The van der Waals surface area contributed by atoms with Crippen molar-refractivity contribution in [2.24, 2.45) is 5.16 Å². The molecule has 1 unspecified atom stereocenters. The van der Waals surface area contributed by atoms with Crippen molar-refractivity contribution in [3.05, 3.63) is 29.8 Å². The lowest BCUT2D eigenvalue weighted by molar-refractivity contribution is 0.322. The van der Waals surface area contributed by atoms with E-state index in [9.17, 15) is 4.57 Å². The molecule has 4 nitrogen and oxygen atoms in total. The lowest BCUT2D eigenvalue weighted by Gasteiger charge is -2.12. The highest BCUT2D eigenvalue weighted by Gasteiger charge is 2.17. The molecule has 0 fully saturated rings. The first kappa shape index (κ1) is 12.0. The second kappa shape index (κ2) is 5.10. The van der Waals surface area contributed by atoms with E-state index in [2.05, 4.69) is 5.16 Å². The molecule has 0 aliphatic rings. The molecule has 82 valence electrons. The molecular weight excluding hydrogens is 213 g/mol. The van der Waals surface area contributed by atoms with Crippen LogP contribution in [0.3, 0.4) is 0 Å². The first-order valence-electron chi connectivity index (χ1n) is 4.60. The predicted octanol–water partition coefficient (Wildman–Crippen LogP) is 2.06. The fourth-order valence-corrected chi connectivity index (χ4v) is 2.55. The number of oxime groups is 1. The second-order valence-corrected chi connectivity index (χ2v) is 5.57. The molecule has 0 saturated heterocycles. The Kier molecular flexibility index (Phi) is 4.06. The van der Waals surface area contributed by atoms with E-state index in [0.29, 0.717) is 11.9 Å². The van der Waals surface area contributed by atoms with E-state index in [1.54, 1.807) is 30.9 Å². The summed E-state index contributed by atoms with van der Waals surface area (Å²) in [7, 11) is -2.69. The highest BCUT2D eigenvalue weighted by molar-refractivity contribution is 7.66. The lowest BCUT2D eigenvalue weighted by Crippen LogP contribution is -2.06. The van der Waals surface area contributed by atoms with Crippen LogP contribution in [0.25, 0.3) is 0 Å². The summed E-state index contributed by atoms with van der Waals surface area (Å²) >= 11 is 0. The van der Waals surface area contributed by atoms with Gasteiger partial charge in [-0.25, -0.2) is 0 Å². The van der Waals surface area contributed by atoms with Crippen molar-refractivity contribution in [3.63, 3.8) is 0 Å². The molecule has 1 aromatic rings. The third kappa shape index (κ3) is 3.18. The molecule has 1 atom stereocenters. The van der Waals surface area contributed by atoms with E-state index in [1.807, 2.05) is 6.92 Å². The Balaban J connectivity index is 2.93. The molecule has 15 heavy (non-hydrogen) atoms. The Morgan fingerprint density at radius 2 is 2.07 bits per heavy atom. The van der Waals surface area contributed by atoms with Gasteiger partial charge in [0.1, 0.15) is 0 Å². The van der Waals surface area contributed by atoms with Crippen molar-refractivity contribution < 1.29 is 14.3 Å². The van der Waals surface area contributed by atoms with Crippen LogP contribution in [0.2, 0.25) is 0 Å². The molecule has 0 bridgehead atoms. The summed E-state index contributed by atoms with van der Waals surface area (Å²) in [5.74, 6) is 0. The van der Waals surface area contributed by atoms with E-state index in [4.69, 9.17) is 9.73 Å². The monoisotopic (exact) mass is 227 g/mol. The summed E-state index contributed by atoms with van der Waals surface area (Å²) in [5.41, 5.74) is 0.748. The van der Waals surface area contributed by atoms with Crippen LogP contribution in [0.1, 0.15) is 12.5 Å². The van der Waals surface area contributed by atoms with Gasteiger partial charge in [-0.1, -0.05) is 17.3 Å². The Morgan fingerprint density at radius 1 is 1.47 bits per heavy atom. The van der Waals surface area contributed by atoms with Crippen LogP contribution < -0.4 is 5.30 Å². The van der Waals surface area contributed by atoms with Gasteiger partial charge in [0.25, 0.3) is 0 Å². The van der Waals surface area contributed by atoms with Crippen molar-refractivity contribution in [1.29, 1.82) is 0 Å². The van der Waals surface area contributed by atoms with E-state index in [1.165, 1.54) is 6.21 Å². The minimum atomic E-state index is -2.69. The summed E-state index contributed by atoms with van der Waals surface area (Å²) < 4.78 is 17.2. The molecule has 0 spiro atoms. The molecule has 0 aliphatic heterocycles. The minimum absolute atomic E-state index is 0.424. The van der Waals surface area contributed by atoms with Crippen molar-refractivity contribution in [2.75, 3.05) is 13.3 Å². The SMILES string of the molecule is CCOP(C)(=O)c1ccc(/C=N/O)cc1. The molecule has 0 aromatic heterocycles. The summed E-state index contributed by atoms with van der Waals surface area (Å²) in [6.45, 7) is 3.82. The van der Waals surface area contributed by atoms with Gasteiger partial charge in [-0.3, -0.25) is 4.57 Å². The van der Waals surface area contributed by atoms with Gasteiger partial charge in [-0.05, 0) is 24.6 Å². The van der Waals surface area contributed by atoms with Crippen LogP contribution in [0.15, 0.2) is 29.4 Å². The lowest BCUT2D eigenvalue weighted by atomic mass is 10.2. The second-order valence-electron chi connectivity index (χ2n) is 3.10. The first-order valence-corrected chi connectivity index (χ1v) is 6.67. The molecule has 5 heteroatoms. The fourth-order valence-electron chi connectivity index (χ4n) is 1.22. The van der Waals surface area contributed by atoms with E-state index in [0.717, 1.165) is 5.56 Å². The quantitative estimate of drug-likeness (QED) is 0.370. The van der Waals surface area contributed by atoms with E-state index >= 15 is 0 Å². The number of nitrogens with zero attached hydrogens (tertiary/aromatic N) is 1. The predicted molar refractivity (Wildman–Crippen MR) is 60.6 cm³/mol. The maximum atomic E-state index is 12.0. The third-order valence-electron chi connectivity index (χ3n) is 1.94. The van der Waals surface area contributed by atoms with Gasteiger partial charge in [0.05, 0.1) is 12.8 Å². The van der Waals surface area contributed by atoms with Crippen LogP contribution in [-0.2, 0) is 9.09 Å². The van der Waals surface area contributed by atoms with Crippen molar-refractivity contribution in [2.45, 2.75) is 6.92 Å².